The van der Waals surface area contributed by atoms with Crippen LogP contribution in [0.15, 0.2) is 6.20 Å². The van der Waals surface area contributed by atoms with Gasteiger partial charge in [0.1, 0.15) is 12.4 Å². The minimum atomic E-state index is -0.679. The lowest BCUT2D eigenvalue weighted by molar-refractivity contribution is 0.101. The lowest BCUT2D eigenvalue weighted by atomic mass is 10.2. The molecule has 0 fully saturated rings. The molecule has 0 spiro atoms. The molecule has 0 N–H and O–H groups in total. The summed E-state index contributed by atoms with van der Waals surface area (Å²) in [4.78, 5) is 10.9. The fourth-order valence-corrected chi connectivity index (χ4v) is 1.02. The first kappa shape index (κ1) is 8.90. The summed E-state index contributed by atoms with van der Waals surface area (Å²) in [5, 5.41) is 3.89. The molecule has 0 aliphatic carbocycles. The Morgan fingerprint density at radius 1 is 1.75 bits per heavy atom. The van der Waals surface area contributed by atoms with Crippen LogP contribution in [0.25, 0.3) is 0 Å². The van der Waals surface area contributed by atoms with Gasteiger partial charge in [0.25, 0.3) is 0 Å². The van der Waals surface area contributed by atoms with E-state index in [1.807, 2.05) is 6.92 Å². The highest BCUT2D eigenvalue weighted by Gasteiger charge is 2.11. The second kappa shape index (κ2) is 3.47. The van der Waals surface area contributed by atoms with Crippen LogP contribution in [0.4, 0.5) is 4.39 Å². The maximum atomic E-state index is 12.3. The van der Waals surface area contributed by atoms with Gasteiger partial charge in [-0.3, -0.25) is 9.48 Å². The van der Waals surface area contributed by atoms with Crippen molar-refractivity contribution < 1.29 is 9.18 Å². The van der Waals surface area contributed by atoms with E-state index < -0.39 is 6.67 Å². The molecule has 0 amide bonds. The molecule has 0 aromatic carbocycles. The molecule has 3 nitrogen and oxygen atoms in total. The molecular formula is C8H11FN2O. The van der Waals surface area contributed by atoms with Crippen LogP contribution in [-0.2, 0) is 13.2 Å². The third-order valence-corrected chi connectivity index (χ3v) is 1.67. The molecule has 0 saturated carbocycles. The van der Waals surface area contributed by atoms with E-state index in [9.17, 15) is 9.18 Å². The lowest BCUT2D eigenvalue weighted by Gasteiger charge is -1.89. The fourth-order valence-electron chi connectivity index (χ4n) is 1.02. The molecule has 12 heavy (non-hydrogen) atoms. The quantitative estimate of drug-likeness (QED) is 0.645. The summed E-state index contributed by atoms with van der Waals surface area (Å²) in [6.45, 7) is 3.28. The molecule has 0 unspecified atom stereocenters. The summed E-state index contributed by atoms with van der Waals surface area (Å²) >= 11 is 0. The van der Waals surface area contributed by atoms with E-state index in [1.165, 1.54) is 6.92 Å². The summed E-state index contributed by atoms with van der Waals surface area (Å²) in [6, 6.07) is 0. The van der Waals surface area contributed by atoms with E-state index in [0.717, 1.165) is 0 Å². The Labute approximate surface area is 70.2 Å². The van der Waals surface area contributed by atoms with Gasteiger partial charge in [-0.05, 0) is 13.8 Å². The molecule has 0 radical (unpaired) electrons. The molecule has 0 saturated heterocycles. The Balaban J connectivity index is 3.08. The molecule has 66 valence electrons. The SMILES string of the molecule is CCn1cc(C(C)=O)c(CF)n1. The highest BCUT2D eigenvalue weighted by molar-refractivity contribution is 5.94. The average molecular weight is 170 g/mol. The van der Waals surface area contributed by atoms with Crippen molar-refractivity contribution in [1.82, 2.24) is 9.78 Å². The number of carbonyl (C=O) groups is 1. The van der Waals surface area contributed by atoms with Gasteiger partial charge < -0.3 is 0 Å². The molecule has 1 rings (SSSR count). The Hall–Kier alpha value is -1.19. The second-order valence-electron chi connectivity index (χ2n) is 2.53. The molecule has 0 bridgehead atoms. The number of carbonyl (C=O) groups excluding carboxylic acids is 1. The van der Waals surface area contributed by atoms with Crippen molar-refractivity contribution in [2.45, 2.75) is 27.1 Å². The lowest BCUT2D eigenvalue weighted by Crippen LogP contribution is -1.94. The van der Waals surface area contributed by atoms with E-state index in [-0.39, 0.29) is 11.5 Å². The van der Waals surface area contributed by atoms with Gasteiger partial charge >= 0.3 is 0 Å². The molecule has 0 atom stereocenters. The smallest absolute Gasteiger partial charge is 0.163 e. The monoisotopic (exact) mass is 170 g/mol. The summed E-state index contributed by atoms with van der Waals surface area (Å²) in [5.74, 6) is -0.137. The molecule has 1 aromatic rings. The van der Waals surface area contributed by atoms with Crippen molar-refractivity contribution in [2.24, 2.45) is 0 Å². The van der Waals surface area contributed by atoms with Gasteiger partial charge in [-0.25, -0.2) is 4.39 Å². The highest BCUT2D eigenvalue weighted by atomic mass is 19.1. The van der Waals surface area contributed by atoms with Gasteiger partial charge in [-0.1, -0.05) is 0 Å². The highest BCUT2D eigenvalue weighted by Crippen LogP contribution is 2.08. The zero-order chi connectivity index (χ0) is 9.14. The largest absolute Gasteiger partial charge is 0.294 e. The molecule has 1 aromatic heterocycles. The Kier molecular flexibility index (Phi) is 2.58. The van der Waals surface area contributed by atoms with Crippen LogP contribution in [0.1, 0.15) is 29.9 Å². The predicted molar refractivity (Wildman–Crippen MR) is 42.7 cm³/mol. The van der Waals surface area contributed by atoms with Gasteiger partial charge in [0.2, 0.25) is 0 Å². The molecule has 4 heteroatoms. The number of alkyl halides is 1. The Morgan fingerprint density at radius 3 is 2.75 bits per heavy atom. The van der Waals surface area contributed by atoms with Crippen molar-refractivity contribution in [2.75, 3.05) is 0 Å². The number of hydrogen-bond acceptors (Lipinski definition) is 2. The topological polar surface area (TPSA) is 34.9 Å². The number of hydrogen-bond donors (Lipinski definition) is 0. The van der Waals surface area contributed by atoms with Crippen LogP contribution < -0.4 is 0 Å². The van der Waals surface area contributed by atoms with E-state index in [0.29, 0.717) is 12.1 Å². The predicted octanol–water partition coefficient (Wildman–Crippen LogP) is 1.58. The number of aryl methyl sites for hydroxylation is 1. The van der Waals surface area contributed by atoms with E-state index in [2.05, 4.69) is 5.10 Å². The van der Waals surface area contributed by atoms with E-state index >= 15 is 0 Å². The third kappa shape index (κ3) is 1.52. The van der Waals surface area contributed by atoms with Crippen molar-refractivity contribution in [3.05, 3.63) is 17.5 Å². The van der Waals surface area contributed by atoms with Crippen LogP contribution in [0.5, 0.6) is 0 Å². The van der Waals surface area contributed by atoms with Gasteiger partial charge in [0.05, 0.1) is 5.56 Å². The van der Waals surface area contributed by atoms with Gasteiger partial charge in [-0.2, -0.15) is 5.10 Å². The zero-order valence-corrected chi connectivity index (χ0v) is 7.17. The van der Waals surface area contributed by atoms with E-state index in [1.54, 1.807) is 10.9 Å². The normalized spacial score (nSPS) is 10.2. The summed E-state index contributed by atoms with van der Waals surface area (Å²) < 4.78 is 13.8. The summed E-state index contributed by atoms with van der Waals surface area (Å²) in [5.41, 5.74) is 0.628. The van der Waals surface area contributed by atoms with Crippen LogP contribution in [0.3, 0.4) is 0 Å². The number of rotatable bonds is 3. The van der Waals surface area contributed by atoms with Crippen LogP contribution in [0.2, 0.25) is 0 Å². The number of halogens is 1. The van der Waals surface area contributed by atoms with Gasteiger partial charge in [-0.15, -0.1) is 0 Å². The fraction of sp³-hybridized carbons (Fsp3) is 0.500. The van der Waals surface area contributed by atoms with Crippen LogP contribution in [0, 0.1) is 0 Å². The zero-order valence-electron chi connectivity index (χ0n) is 7.17. The molecule has 0 aliphatic rings. The minimum absolute atomic E-state index is 0.137. The summed E-state index contributed by atoms with van der Waals surface area (Å²) in [6.07, 6.45) is 1.58. The Morgan fingerprint density at radius 2 is 2.42 bits per heavy atom. The van der Waals surface area contributed by atoms with Gasteiger partial charge in [0, 0.05) is 12.7 Å². The van der Waals surface area contributed by atoms with E-state index in [4.69, 9.17) is 0 Å². The number of ketones is 1. The average Bonchev–Trinajstić information content (AvgIpc) is 2.47. The first-order valence-corrected chi connectivity index (χ1v) is 3.82. The first-order valence-electron chi connectivity index (χ1n) is 3.82. The van der Waals surface area contributed by atoms with Crippen molar-refractivity contribution in [3.8, 4) is 0 Å². The maximum absolute atomic E-state index is 12.3. The van der Waals surface area contributed by atoms with Gasteiger partial charge in [0.15, 0.2) is 5.78 Å². The van der Waals surface area contributed by atoms with Crippen molar-refractivity contribution in [3.63, 3.8) is 0 Å². The first-order chi connectivity index (χ1) is 5.69. The summed E-state index contributed by atoms with van der Waals surface area (Å²) in [7, 11) is 0. The minimum Gasteiger partial charge on any atom is -0.294 e. The standard InChI is InChI=1S/C8H11FN2O/c1-3-11-5-7(6(2)12)8(4-9)10-11/h5H,3-4H2,1-2H3. The van der Waals surface area contributed by atoms with Crippen molar-refractivity contribution >= 4 is 5.78 Å². The molecule has 0 aliphatic heterocycles. The second-order valence-corrected chi connectivity index (χ2v) is 2.53. The Bertz CT molecular complexity index is 293. The molecular weight excluding hydrogens is 159 g/mol. The van der Waals surface area contributed by atoms with Crippen LogP contribution in [-0.4, -0.2) is 15.6 Å². The number of nitrogens with zero attached hydrogens (tertiary/aromatic N) is 2. The number of aromatic nitrogens is 2. The van der Waals surface area contributed by atoms with Crippen molar-refractivity contribution in [1.29, 1.82) is 0 Å². The molecule has 1 heterocycles. The maximum Gasteiger partial charge on any atom is 0.163 e. The number of Topliss-reactive ketones (excluding diaryl/α,β-unsaturated/α-hetero) is 1. The van der Waals surface area contributed by atoms with Crippen LogP contribution >= 0.6 is 0 Å². The third-order valence-electron chi connectivity index (χ3n) is 1.67.